The molecular weight excluding hydrogens is 278 g/mol. The standard InChI is InChI=1S/C18H13NO3/c20-15-7-2-5-13(11-15)17-9-3-8-16(19-17)12-4-1-6-14(10-12)18(21)22/h1-11,20H,(H,21,22). The third-order valence-corrected chi connectivity index (χ3v) is 3.30. The summed E-state index contributed by atoms with van der Waals surface area (Å²) in [6, 6.07) is 19.0. The fourth-order valence-electron chi connectivity index (χ4n) is 2.23. The van der Waals surface area contributed by atoms with Gasteiger partial charge in [-0.25, -0.2) is 9.78 Å². The number of aromatic carboxylic acids is 1. The van der Waals surface area contributed by atoms with Crippen LogP contribution in [0.2, 0.25) is 0 Å². The molecule has 4 nitrogen and oxygen atoms in total. The van der Waals surface area contributed by atoms with E-state index in [0.717, 1.165) is 11.1 Å². The summed E-state index contributed by atoms with van der Waals surface area (Å²) in [7, 11) is 0. The van der Waals surface area contributed by atoms with Crippen LogP contribution in [0.15, 0.2) is 66.7 Å². The number of benzene rings is 2. The minimum absolute atomic E-state index is 0.178. The van der Waals surface area contributed by atoms with E-state index in [9.17, 15) is 9.90 Å². The quantitative estimate of drug-likeness (QED) is 0.769. The van der Waals surface area contributed by atoms with E-state index in [2.05, 4.69) is 4.98 Å². The van der Waals surface area contributed by atoms with E-state index in [1.807, 2.05) is 30.3 Å². The van der Waals surface area contributed by atoms with Crippen LogP contribution in [-0.2, 0) is 0 Å². The van der Waals surface area contributed by atoms with Crippen molar-refractivity contribution in [1.29, 1.82) is 0 Å². The molecule has 3 rings (SSSR count). The predicted octanol–water partition coefficient (Wildman–Crippen LogP) is 3.82. The van der Waals surface area contributed by atoms with Crippen molar-refractivity contribution < 1.29 is 15.0 Å². The lowest BCUT2D eigenvalue weighted by molar-refractivity contribution is 0.0697. The van der Waals surface area contributed by atoms with Crippen LogP contribution in [0, 0.1) is 0 Å². The van der Waals surface area contributed by atoms with E-state index < -0.39 is 5.97 Å². The number of hydrogen-bond acceptors (Lipinski definition) is 3. The van der Waals surface area contributed by atoms with E-state index in [-0.39, 0.29) is 11.3 Å². The highest BCUT2D eigenvalue weighted by molar-refractivity contribution is 5.89. The molecule has 0 bridgehead atoms. The second kappa shape index (κ2) is 5.69. The summed E-state index contributed by atoms with van der Waals surface area (Å²) in [5.41, 5.74) is 3.17. The average molecular weight is 291 g/mol. The van der Waals surface area contributed by atoms with E-state index >= 15 is 0 Å². The first-order valence-electron chi connectivity index (χ1n) is 6.74. The fraction of sp³-hybridized carbons (Fsp3) is 0. The number of hydrogen-bond donors (Lipinski definition) is 2. The molecule has 0 aliphatic rings. The Morgan fingerprint density at radius 2 is 1.41 bits per heavy atom. The highest BCUT2D eigenvalue weighted by Gasteiger charge is 2.07. The minimum atomic E-state index is -0.967. The summed E-state index contributed by atoms with van der Waals surface area (Å²) in [4.78, 5) is 15.6. The molecule has 1 heterocycles. The van der Waals surface area contributed by atoms with Crippen molar-refractivity contribution >= 4 is 5.97 Å². The number of pyridine rings is 1. The van der Waals surface area contributed by atoms with Crippen molar-refractivity contribution in [1.82, 2.24) is 4.98 Å². The molecule has 0 saturated carbocycles. The van der Waals surface area contributed by atoms with Crippen molar-refractivity contribution in [2.45, 2.75) is 0 Å². The zero-order valence-electron chi connectivity index (χ0n) is 11.6. The normalized spacial score (nSPS) is 10.4. The Balaban J connectivity index is 2.05. The molecule has 0 unspecified atom stereocenters. The Hall–Kier alpha value is -3.14. The first-order valence-corrected chi connectivity index (χ1v) is 6.74. The van der Waals surface area contributed by atoms with Gasteiger partial charge in [0.1, 0.15) is 5.75 Å². The molecular formula is C18H13NO3. The molecule has 0 amide bonds. The van der Waals surface area contributed by atoms with E-state index in [1.54, 1.807) is 36.4 Å². The van der Waals surface area contributed by atoms with Gasteiger partial charge in [0.2, 0.25) is 0 Å². The molecule has 108 valence electrons. The topological polar surface area (TPSA) is 70.4 Å². The zero-order chi connectivity index (χ0) is 15.5. The van der Waals surface area contributed by atoms with Crippen molar-refractivity contribution in [3.05, 3.63) is 72.3 Å². The van der Waals surface area contributed by atoms with E-state index in [4.69, 9.17) is 5.11 Å². The number of phenols is 1. The second-order valence-electron chi connectivity index (χ2n) is 4.84. The van der Waals surface area contributed by atoms with Gasteiger partial charge >= 0.3 is 5.97 Å². The van der Waals surface area contributed by atoms with Crippen molar-refractivity contribution in [2.75, 3.05) is 0 Å². The molecule has 0 spiro atoms. The maximum absolute atomic E-state index is 11.1. The van der Waals surface area contributed by atoms with Crippen LogP contribution in [0.3, 0.4) is 0 Å². The van der Waals surface area contributed by atoms with Crippen molar-refractivity contribution in [3.8, 4) is 28.3 Å². The molecule has 2 aromatic carbocycles. The van der Waals surface area contributed by atoms with Crippen LogP contribution in [0.5, 0.6) is 5.75 Å². The molecule has 1 aromatic heterocycles. The molecule has 0 saturated heterocycles. The molecule has 0 aliphatic carbocycles. The maximum atomic E-state index is 11.1. The zero-order valence-corrected chi connectivity index (χ0v) is 11.6. The summed E-state index contributed by atoms with van der Waals surface area (Å²) in [6.07, 6.45) is 0. The number of aromatic hydroxyl groups is 1. The number of rotatable bonds is 3. The van der Waals surface area contributed by atoms with Crippen LogP contribution < -0.4 is 0 Å². The number of aromatic nitrogens is 1. The Morgan fingerprint density at radius 3 is 2.05 bits per heavy atom. The number of carbonyl (C=O) groups is 1. The second-order valence-corrected chi connectivity index (χ2v) is 4.84. The Morgan fingerprint density at radius 1 is 0.818 bits per heavy atom. The van der Waals surface area contributed by atoms with E-state index in [0.29, 0.717) is 11.4 Å². The van der Waals surface area contributed by atoms with Crippen LogP contribution in [0.25, 0.3) is 22.5 Å². The van der Waals surface area contributed by atoms with Crippen LogP contribution in [0.1, 0.15) is 10.4 Å². The lowest BCUT2D eigenvalue weighted by Gasteiger charge is -2.06. The highest BCUT2D eigenvalue weighted by atomic mass is 16.4. The minimum Gasteiger partial charge on any atom is -0.508 e. The lowest BCUT2D eigenvalue weighted by atomic mass is 10.1. The lowest BCUT2D eigenvalue weighted by Crippen LogP contribution is -1.96. The largest absolute Gasteiger partial charge is 0.508 e. The molecule has 22 heavy (non-hydrogen) atoms. The average Bonchev–Trinajstić information content (AvgIpc) is 2.55. The van der Waals surface area contributed by atoms with Crippen LogP contribution in [0.4, 0.5) is 0 Å². The number of nitrogens with zero attached hydrogens (tertiary/aromatic N) is 1. The summed E-state index contributed by atoms with van der Waals surface area (Å²) >= 11 is 0. The molecule has 3 aromatic rings. The van der Waals surface area contributed by atoms with Gasteiger partial charge in [-0.2, -0.15) is 0 Å². The number of carboxylic acids is 1. The van der Waals surface area contributed by atoms with Crippen LogP contribution in [-0.4, -0.2) is 21.2 Å². The summed E-state index contributed by atoms with van der Waals surface area (Å²) in [5, 5.41) is 18.6. The molecule has 0 atom stereocenters. The summed E-state index contributed by atoms with van der Waals surface area (Å²) in [6.45, 7) is 0. The summed E-state index contributed by atoms with van der Waals surface area (Å²) in [5.74, 6) is -0.788. The Kier molecular flexibility index (Phi) is 3.58. The van der Waals surface area contributed by atoms with Gasteiger partial charge in [0.05, 0.1) is 17.0 Å². The van der Waals surface area contributed by atoms with Gasteiger partial charge in [-0.3, -0.25) is 0 Å². The third-order valence-electron chi connectivity index (χ3n) is 3.30. The first kappa shape index (κ1) is 13.8. The highest BCUT2D eigenvalue weighted by Crippen LogP contribution is 2.25. The van der Waals surface area contributed by atoms with Gasteiger partial charge in [-0.15, -0.1) is 0 Å². The van der Waals surface area contributed by atoms with Gasteiger partial charge < -0.3 is 10.2 Å². The van der Waals surface area contributed by atoms with Gasteiger partial charge in [-0.05, 0) is 36.4 Å². The van der Waals surface area contributed by atoms with Gasteiger partial charge in [0.15, 0.2) is 0 Å². The van der Waals surface area contributed by atoms with Gasteiger partial charge in [-0.1, -0.05) is 30.3 Å². The molecule has 0 fully saturated rings. The Bertz CT molecular complexity index is 843. The summed E-state index contributed by atoms with van der Waals surface area (Å²) < 4.78 is 0. The first-order chi connectivity index (χ1) is 10.6. The Labute approximate surface area is 127 Å². The van der Waals surface area contributed by atoms with E-state index in [1.165, 1.54) is 0 Å². The molecule has 0 radical (unpaired) electrons. The third kappa shape index (κ3) is 2.81. The van der Waals surface area contributed by atoms with Crippen molar-refractivity contribution in [3.63, 3.8) is 0 Å². The molecule has 4 heteroatoms. The van der Waals surface area contributed by atoms with Gasteiger partial charge in [0.25, 0.3) is 0 Å². The fourth-order valence-corrected chi connectivity index (χ4v) is 2.23. The number of carboxylic acid groups (broad SMARTS) is 1. The molecule has 2 N–H and O–H groups in total. The van der Waals surface area contributed by atoms with Crippen molar-refractivity contribution in [2.24, 2.45) is 0 Å². The number of phenolic OH excluding ortho intramolecular Hbond substituents is 1. The predicted molar refractivity (Wildman–Crippen MR) is 83.7 cm³/mol. The maximum Gasteiger partial charge on any atom is 0.335 e. The van der Waals surface area contributed by atoms with Crippen LogP contribution >= 0.6 is 0 Å². The molecule has 0 aliphatic heterocycles. The van der Waals surface area contributed by atoms with Gasteiger partial charge in [0, 0.05) is 11.1 Å². The SMILES string of the molecule is O=C(O)c1cccc(-c2cccc(-c3cccc(O)c3)n2)c1. The monoisotopic (exact) mass is 291 g/mol. The smallest absolute Gasteiger partial charge is 0.335 e.